The number of carbonyl (C=O) groups excluding carboxylic acids is 3. The second-order valence-electron chi connectivity index (χ2n) is 8.65. The van der Waals surface area contributed by atoms with Crippen molar-refractivity contribution in [2.75, 3.05) is 0 Å². The molecule has 0 N–H and O–H groups in total. The molecule has 0 aliphatic carbocycles. The van der Waals surface area contributed by atoms with E-state index < -0.39 is 91.7 Å². The number of carboxylic acid groups (broad SMARTS) is 1. The zero-order valence-electron chi connectivity index (χ0n) is 21.7. The molecule has 25 heteroatoms. The first kappa shape index (κ1) is 44.1. The van der Waals surface area contributed by atoms with Crippen LogP contribution in [0, 0.1) is 5.92 Å². The normalized spacial score (nSPS) is 15.3. The Kier molecular flexibility index (Phi) is 13.4. The van der Waals surface area contributed by atoms with E-state index in [0.717, 1.165) is 13.8 Å². The minimum absolute atomic E-state index is 0.317. The largest absolute Gasteiger partial charge is 0.549 e. The van der Waals surface area contributed by atoms with Crippen LogP contribution >= 0.6 is 0 Å². The van der Waals surface area contributed by atoms with Crippen LogP contribution in [0.25, 0.3) is 0 Å². The molecule has 0 aliphatic heterocycles. The maximum atomic E-state index is 13.6. The van der Waals surface area contributed by atoms with Crippen LogP contribution in [0.15, 0.2) is 0 Å². The second kappa shape index (κ2) is 13.4. The summed E-state index contributed by atoms with van der Waals surface area (Å²) in [4.78, 5) is 31.5. The van der Waals surface area contributed by atoms with Crippen LogP contribution in [0.1, 0.15) is 34.1 Å². The van der Waals surface area contributed by atoms with Gasteiger partial charge in [0.05, 0.1) is 11.9 Å². The molecule has 0 bridgehead atoms. The molecule has 0 radical (unpaired) electrons. The van der Waals surface area contributed by atoms with Crippen LogP contribution < -0.4 is 5.11 Å². The molecule has 0 aromatic heterocycles. The molecular formula is C19H16AlF19O5. The standard InChI is InChI=1S/C10F19O.C6H10O3.C3H7O.Al/c11-2(12,1-30)3(13,14)4(15,16)5(17,18)6(19,20)7(21,22)8(23,24)9(25,26)10(27,28)29;1-3-5(4(2)7)6(8)9;1-3(2)4;/h;5H,3H2,1-2H3,(H,8,9);3H,1-2H3;/q;;-1;+2/p-1. The van der Waals surface area contributed by atoms with Crippen molar-refractivity contribution in [3.63, 3.8) is 0 Å². The van der Waals surface area contributed by atoms with E-state index in [-0.39, 0.29) is 5.78 Å². The molecule has 0 saturated carbocycles. The van der Waals surface area contributed by atoms with E-state index in [1.165, 1.54) is 6.92 Å². The number of ketones is 1. The van der Waals surface area contributed by atoms with Crippen LogP contribution in [-0.2, 0) is 18.2 Å². The SMILES string of the molecule is CC(C)[O][Al+][C](=O)C(F)(F)C(F)(F)C(F)(F)C(F)(F)C(F)(F)C(F)(F)C(F)(F)C(F)(F)C(F)(F)F.CCC(C(C)=O)C(=O)[O-]. The molecule has 258 valence electrons. The van der Waals surface area contributed by atoms with E-state index in [2.05, 4.69) is 3.79 Å². The van der Waals surface area contributed by atoms with Crippen molar-refractivity contribution in [1.82, 2.24) is 0 Å². The Labute approximate surface area is 239 Å². The Hall–Kier alpha value is -2.03. The summed E-state index contributed by atoms with van der Waals surface area (Å²) in [6.45, 7) is 4.73. The molecule has 0 aromatic carbocycles. The Morgan fingerprint density at radius 3 is 1.11 bits per heavy atom. The summed E-state index contributed by atoms with van der Waals surface area (Å²) in [5, 5.41) is 10.0. The number of hydrogen-bond donors (Lipinski definition) is 0. The molecule has 0 saturated heterocycles. The summed E-state index contributed by atoms with van der Waals surface area (Å²) in [5.74, 6) is -70.5. The fourth-order valence-corrected chi connectivity index (χ4v) is 3.13. The zero-order valence-corrected chi connectivity index (χ0v) is 22.8. The van der Waals surface area contributed by atoms with Gasteiger partial charge < -0.3 is 9.90 Å². The maximum absolute atomic E-state index is 13.6. The van der Waals surface area contributed by atoms with Gasteiger partial charge in [-0.25, -0.2) is 0 Å². The van der Waals surface area contributed by atoms with Gasteiger partial charge in [-0.3, -0.25) is 4.79 Å². The van der Waals surface area contributed by atoms with Crippen molar-refractivity contribution in [2.24, 2.45) is 5.92 Å². The van der Waals surface area contributed by atoms with Gasteiger partial charge in [0.1, 0.15) is 5.78 Å². The van der Waals surface area contributed by atoms with Crippen molar-refractivity contribution >= 4 is 32.0 Å². The van der Waals surface area contributed by atoms with Gasteiger partial charge in [0.2, 0.25) is 0 Å². The zero-order chi connectivity index (χ0) is 36.5. The molecule has 0 fully saturated rings. The van der Waals surface area contributed by atoms with E-state index >= 15 is 0 Å². The molecule has 0 spiro atoms. The van der Waals surface area contributed by atoms with E-state index in [4.69, 9.17) is 0 Å². The smallest absolute Gasteiger partial charge is 0.138 e. The van der Waals surface area contributed by atoms with E-state index in [9.17, 15) is 103 Å². The summed E-state index contributed by atoms with van der Waals surface area (Å²) in [5.41, 5.74) is 0. The minimum atomic E-state index is -9.01. The quantitative estimate of drug-likeness (QED) is 0.134. The molecular weight excluding hydrogens is 696 g/mol. The number of alkyl halides is 19. The summed E-state index contributed by atoms with van der Waals surface area (Å²) in [7, 11) is 0. The Balaban J connectivity index is 0. The first-order chi connectivity index (χ1) is 18.9. The first-order valence-corrected chi connectivity index (χ1v) is 11.8. The van der Waals surface area contributed by atoms with Crippen molar-refractivity contribution < 1.29 is 107 Å². The third-order valence-electron chi connectivity index (χ3n) is 5.06. The fraction of sp³-hybridized carbons (Fsp3) is 0.842. The molecule has 0 amide bonds. The predicted molar refractivity (Wildman–Crippen MR) is 102 cm³/mol. The molecule has 1 unspecified atom stereocenters. The van der Waals surface area contributed by atoms with Gasteiger partial charge in [0.25, 0.3) is 0 Å². The van der Waals surface area contributed by atoms with Crippen LogP contribution in [0.3, 0.4) is 0 Å². The summed E-state index contributed by atoms with van der Waals surface area (Å²) < 4.78 is 249. The number of rotatable bonds is 14. The van der Waals surface area contributed by atoms with Gasteiger partial charge in [-0.15, -0.1) is 0 Å². The molecule has 0 rings (SSSR count). The van der Waals surface area contributed by atoms with Crippen molar-refractivity contribution in [3.05, 3.63) is 0 Å². The van der Waals surface area contributed by atoms with Gasteiger partial charge in [-0.05, 0) is 13.3 Å². The number of Topliss-reactive ketones (excluding diaryl/α,β-unsaturated/α-hetero) is 1. The molecule has 44 heavy (non-hydrogen) atoms. The van der Waals surface area contributed by atoms with E-state index in [0.29, 0.717) is 6.42 Å². The molecule has 5 nitrogen and oxygen atoms in total. The van der Waals surface area contributed by atoms with Crippen LogP contribution in [0.5, 0.6) is 0 Å². The molecule has 0 aliphatic rings. The summed E-state index contributed by atoms with van der Waals surface area (Å²) in [6, 6.07) is 0. The van der Waals surface area contributed by atoms with Crippen molar-refractivity contribution in [1.29, 1.82) is 0 Å². The number of aliphatic carboxylic acids is 1. The summed E-state index contributed by atoms with van der Waals surface area (Å²) >= 11 is -3.17. The number of carboxylic acids is 1. The third kappa shape index (κ3) is 7.34. The van der Waals surface area contributed by atoms with E-state index in [1.54, 1.807) is 6.92 Å². The second-order valence-corrected chi connectivity index (χ2v) is 9.68. The summed E-state index contributed by atoms with van der Waals surface area (Å²) in [6.07, 6.45) is -8.91. The predicted octanol–water partition coefficient (Wildman–Crippen LogP) is 5.55. The van der Waals surface area contributed by atoms with Gasteiger partial charge in [-0.2, -0.15) is 0 Å². The monoisotopic (exact) mass is 712 g/mol. The van der Waals surface area contributed by atoms with Crippen LogP contribution in [0.4, 0.5) is 83.4 Å². The Morgan fingerprint density at radius 1 is 0.614 bits per heavy atom. The van der Waals surface area contributed by atoms with Crippen LogP contribution in [-0.4, -0.2) is 91.6 Å². The van der Waals surface area contributed by atoms with Gasteiger partial charge >= 0.3 is 186 Å². The molecule has 0 aromatic rings. The average molecular weight is 712 g/mol. The average Bonchev–Trinajstić information content (AvgIpc) is 2.80. The Morgan fingerprint density at radius 2 is 0.909 bits per heavy atom. The third-order valence-corrected chi connectivity index (χ3v) is 6.31. The minimum Gasteiger partial charge on any atom is -0.549 e. The van der Waals surface area contributed by atoms with Crippen molar-refractivity contribution in [2.45, 2.75) is 93.8 Å². The topological polar surface area (TPSA) is 83.5 Å². The first-order valence-electron chi connectivity index (χ1n) is 10.8. The van der Waals surface area contributed by atoms with Crippen molar-refractivity contribution in [3.8, 4) is 0 Å². The molecule has 0 heterocycles. The molecule has 1 atom stereocenters. The number of halogens is 19. The van der Waals surface area contributed by atoms with Gasteiger partial charge in [0.15, 0.2) is 0 Å². The Bertz CT molecular complexity index is 1020. The van der Waals surface area contributed by atoms with Gasteiger partial charge in [0, 0.05) is 0 Å². The van der Waals surface area contributed by atoms with Crippen LogP contribution in [0.2, 0.25) is 0 Å². The fourth-order valence-electron chi connectivity index (χ4n) is 2.41. The van der Waals surface area contributed by atoms with E-state index in [1.807, 2.05) is 0 Å². The number of hydrogen-bond acceptors (Lipinski definition) is 5. The maximum Gasteiger partial charge on any atom is 0.138 e. The number of carbonyl (C=O) groups is 3. The van der Waals surface area contributed by atoms with Gasteiger partial charge in [-0.1, -0.05) is 6.92 Å².